The molecule has 0 aromatic heterocycles. The van der Waals surface area contributed by atoms with Crippen LogP contribution >= 0.6 is 0 Å². The molecule has 1 aromatic rings. The van der Waals surface area contributed by atoms with Crippen molar-refractivity contribution in [3.8, 4) is 6.07 Å². The summed E-state index contributed by atoms with van der Waals surface area (Å²) >= 11 is 0. The maximum atomic E-state index is 8.85. The Morgan fingerprint density at radius 2 is 2.15 bits per heavy atom. The molecule has 0 spiro atoms. The molecule has 0 saturated carbocycles. The van der Waals surface area contributed by atoms with Crippen LogP contribution in [0.15, 0.2) is 36.6 Å². The summed E-state index contributed by atoms with van der Waals surface area (Å²) < 4.78 is 0. The SMILES string of the molecule is N#Cc1cccc2c1NC=CC=C2. The van der Waals surface area contributed by atoms with Crippen molar-refractivity contribution in [2.75, 3.05) is 5.32 Å². The van der Waals surface area contributed by atoms with Gasteiger partial charge in [-0.3, -0.25) is 0 Å². The van der Waals surface area contributed by atoms with Gasteiger partial charge in [0.05, 0.1) is 11.3 Å². The van der Waals surface area contributed by atoms with Crippen LogP contribution in [0.2, 0.25) is 0 Å². The minimum Gasteiger partial charge on any atom is -0.360 e. The van der Waals surface area contributed by atoms with Crippen molar-refractivity contribution in [3.05, 3.63) is 47.7 Å². The summed E-state index contributed by atoms with van der Waals surface area (Å²) in [5.41, 5.74) is 2.60. The molecule has 0 radical (unpaired) electrons. The van der Waals surface area contributed by atoms with E-state index in [-0.39, 0.29) is 0 Å². The number of nitrogens with zero attached hydrogens (tertiary/aromatic N) is 1. The third-order valence-electron chi connectivity index (χ3n) is 1.93. The Balaban J connectivity index is 2.63. The number of hydrogen-bond acceptors (Lipinski definition) is 2. The second-order valence-corrected chi connectivity index (χ2v) is 2.74. The first-order valence-corrected chi connectivity index (χ1v) is 4.04. The second-order valence-electron chi connectivity index (χ2n) is 2.74. The second kappa shape index (κ2) is 3.16. The number of para-hydroxylation sites is 1. The van der Waals surface area contributed by atoms with Crippen molar-refractivity contribution in [3.63, 3.8) is 0 Å². The van der Waals surface area contributed by atoms with Gasteiger partial charge < -0.3 is 5.32 Å². The average Bonchev–Trinajstić information content (AvgIpc) is 2.41. The predicted octanol–water partition coefficient (Wildman–Crippen LogP) is 2.51. The molecule has 0 fully saturated rings. The molecule has 0 bridgehead atoms. The highest BCUT2D eigenvalue weighted by Crippen LogP contribution is 2.23. The van der Waals surface area contributed by atoms with E-state index < -0.39 is 0 Å². The number of fused-ring (bicyclic) bond motifs is 1. The van der Waals surface area contributed by atoms with Crippen molar-refractivity contribution in [2.24, 2.45) is 0 Å². The number of nitrogens with one attached hydrogen (secondary N) is 1. The smallest absolute Gasteiger partial charge is 0.101 e. The Bertz CT molecular complexity index is 422. The predicted molar refractivity (Wildman–Crippen MR) is 53.0 cm³/mol. The topological polar surface area (TPSA) is 35.8 Å². The monoisotopic (exact) mass is 168 g/mol. The van der Waals surface area contributed by atoms with E-state index in [1.54, 1.807) is 6.07 Å². The molecule has 0 aliphatic carbocycles. The Morgan fingerprint density at radius 1 is 1.23 bits per heavy atom. The Kier molecular flexibility index (Phi) is 1.85. The molecule has 2 heteroatoms. The molecule has 1 aromatic carbocycles. The molecule has 0 atom stereocenters. The molecule has 13 heavy (non-hydrogen) atoms. The lowest BCUT2D eigenvalue weighted by molar-refractivity contribution is 1.46. The van der Waals surface area contributed by atoms with Gasteiger partial charge in [0, 0.05) is 6.20 Å². The van der Waals surface area contributed by atoms with E-state index in [1.165, 1.54) is 0 Å². The summed E-state index contributed by atoms with van der Waals surface area (Å²) in [6.45, 7) is 0. The molecular formula is C11H8N2. The lowest BCUT2D eigenvalue weighted by Gasteiger charge is -2.05. The molecule has 0 saturated heterocycles. The molecule has 2 rings (SSSR count). The molecule has 1 heterocycles. The molecule has 1 N–H and O–H groups in total. The van der Waals surface area contributed by atoms with Crippen molar-refractivity contribution >= 4 is 11.8 Å². The molecule has 0 amide bonds. The standard InChI is InChI=1S/C11H8N2/c12-8-10-6-3-5-9-4-1-2-7-13-11(9)10/h1-7,13H. The number of nitriles is 1. The Labute approximate surface area is 76.8 Å². The third-order valence-corrected chi connectivity index (χ3v) is 1.93. The van der Waals surface area contributed by atoms with Crippen LogP contribution in [0.25, 0.3) is 6.08 Å². The quantitative estimate of drug-likeness (QED) is 0.646. The molecule has 2 nitrogen and oxygen atoms in total. The van der Waals surface area contributed by atoms with Crippen LogP contribution in [0.3, 0.4) is 0 Å². The zero-order valence-corrected chi connectivity index (χ0v) is 6.99. The van der Waals surface area contributed by atoms with Crippen LogP contribution in [0.1, 0.15) is 11.1 Å². The maximum absolute atomic E-state index is 8.85. The van der Waals surface area contributed by atoms with E-state index in [1.807, 2.05) is 36.6 Å². The fraction of sp³-hybridized carbons (Fsp3) is 0. The first-order valence-electron chi connectivity index (χ1n) is 4.04. The number of benzene rings is 1. The molecular weight excluding hydrogens is 160 g/mol. The van der Waals surface area contributed by atoms with Gasteiger partial charge in [0.25, 0.3) is 0 Å². The first kappa shape index (κ1) is 7.63. The largest absolute Gasteiger partial charge is 0.360 e. The fourth-order valence-electron chi connectivity index (χ4n) is 1.31. The highest BCUT2D eigenvalue weighted by Gasteiger charge is 2.04. The number of rotatable bonds is 0. The highest BCUT2D eigenvalue weighted by molar-refractivity contribution is 5.75. The van der Waals surface area contributed by atoms with Gasteiger partial charge in [0.2, 0.25) is 0 Å². The minimum absolute atomic E-state index is 0.675. The summed E-state index contributed by atoms with van der Waals surface area (Å²) in [5.74, 6) is 0. The van der Waals surface area contributed by atoms with Gasteiger partial charge >= 0.3 is 0 Å². The lowest BCUT2D eigenvalue weighted by Crippen LogP contribution is -1.92. The molecule has 62 valence electrons. The van der Waals surface area contributed by atoms with Gasteiger partial charge in [-0.2, -0.15) is 5.26 Å². The van der Waals surface area contributed by atoms with E-state index in [2.05, 4.69) is 11.4 Å². The molecule has 0 unspecified atom stereocenters. The average molecular weight is 168 g/mol. The Hall–Kier alpha value is -2.01. The number of allylic oxidation sites excluding steroid dienone is 2. The van der Waals surface area contributed by atoms with Crippen LogP contribution < -0.4 is 5.32 Å². The Morgan fingerprint density at radius 3 is 3.00 bits per heavy atom. The zero-order chi connectivity index (χ0) is 9.10. The van der Waals surface area contributed by atoms with Gasteiger partial charge in [-0.05, 0) is 17.7 Å². The van der Waals surface area contributed by atoms with Crippen molar-refractivity contribution < 1.29 is 0 Å². The minimum atomic E-state index is 0.675. The van der Waals surface area contributed by atoms with Gasteiger partial charge in [-0.1, -0.05) is 24.3 Å². The van der Waals surface area contributed by atoms with Crippen LogP contribution in [0.5, 0.6) is 0 Å². The third kappa shape index (κ3) is 1.32. The van der Waals surface area contributed by atoms with Gasteiger partial charge in [-0.15, -0.1) is 0 Å². The lowest BCUT2D eigenvalue weighted by atomic mass is 10.1. The van der Waals surface area contributed by atoms with Crippen molar-refractivity contribution in [2.45, 2.75) is 0 Å². The number of anilines is 1. The summed E-state index contributed by atoms with van der Waals surface area (Å²) in [7, 11) is 0. The summed E-state index contributed by atoms with van der Waals surface area (Å²) in [5, 5.41) is 11.9. The van der Waals surface area contributed by atoms with Gasteiger partial charge in [0.1, 0.15) is 6.07 Å². The summed E-state index contributed by atoms with van der Waals surface area (Å²) in [4.78, 5) is 0. The molecule has 1 aliphatic heterocycles. The van der Waals surface area contributed by atoms with Crippen LogP contribution in [-0.2, 0) is 0 Å². The summed E-state index contributed by atoms with van der Waals surface area (Å²) in [6, 6.07) is 7.82. The summed E-state index contributed by atoms with van der Waals surface area (Å²) in [6.07, 6.45) is 7.65. The van der Waals surface area contributed by atoms with Crippen molar-refractivity contribution in [1.29, 1.82) is 5.26 Å². The van der Waals surface area contributed by atoms with Gasteiger partial charge in [-0.25, -0.2) is 0 Å². The van der Waals surface area contributed by atoms with Crippen LogP contribution in [-0.4, -0.2) is 0 Å². The molecule has 1 aliphatic rings. The van der Waals surface area contributed by atoms with Crippen LogP contribution in [0, 0.1) is 11.3 Å². The highest BCUT2D eigenvalue weighted by atomic mass is 14.8. The van der Waals surface area contributed by atoms with Crippen molar-refractivity contribution in [1.82, 2.24) is 0 Å². The van der Waals surface area contributed by atoms with Crippen LogP contribution in [0.4, 0.5) is 5.69 Å². The van der Waals surface area contributed by atoms with E-state index in [0.29, 0.717) is 5.56 Å². The van der Waals surface area contributed by atoms with E-state index in [0.717, 1.165) is 11.3 Å². The zero-order valence-electron chi connectivity index (χ0n) is 6.99. The normalized spacial score (nSPS) is 12.5. The fourth-order valence-corrected chi connectivity index (χ4v) is 1.31. The first-order chi connectivity index (χ1) is 6.42. The van der Waals surface area contributed by atoms with Gasteiger partial charge in [0.15, 0.2) is 0 Å². The van der Waals surface area contributed by atoms with E-state index in [9.17, 15) is 0 Å². The van der Waals surface area contributed by atoms with E-state index in [4.69, 9.17) is 5.26 Å². The number of hydrogen-bond donors (Lipinski definition) is 1. The maximum Gasteiger partial charge on any atom is 0.101 e. The van der Waals surface area contributed by atoms with E-state index >= 15 is 0 Å².